The van der Waals surface area contributed by atoms with E-state index in [1.807, 2.05) is 25.3 Å². The maximum absolute atomic E-state index is 11.1. The Bertz CT molecular complexity index is 499. The lowest BCUT2D eigenvalue weighted by atomic mass is 10.1. The third kappa shape index (κ3) is 2.00. The molecule has 1 aromatic heterocycles. The molecule has 4 heteroatoms. The lowest BCUT2D eigenvalue weighted by Gasteiger charge is -2.00. The number of carbonyl (C=O) groups excluding carboxylic acids is 1. The lowest BCUT2D eigenvalue weighted by molar-refractivity contribution is 0.101. The zero-order valence-electron chi connectivity index (χ0n) is 9.34. The summed E-state index contributed by atoms with van der Waals surface area (Å²) in [6, 6.07) is 7.33. The van der Waals surface area contributed by atoms with Gasteiger partial charge in [0.1, 0.15) is 0 Å². The summed E-state index contributed by atoms with van der Waals surface area (Å²) < 4.78 is 1.71. The lowest BCUT2D eigenvalue weighted by Crippen LogP contribution is -1.97. The van der Waals surface area contributed by atoms with Crippen LogP contribution in [0.15, 0.2) is 30.5 Å². The van der Waals surface area contributed by atoms with Crippen LogP contribution < -0.4 is 0 Å². The molecule has 0 aliphatic heterocycles. The zero-order valence-corrected chi connectivity index (χ0v) is 9.34. The van der Waals surface area contributed by atoms with Crippen molar-refractivity contribution >= 4 is 5.78 Å². The summed E-state index contributed by atoms with van der Waals surface area (Å²) in [5.41, 5.74) is 2.58. The van der Waals surface area contributed by atoms with Crippen molar-refractivity contribution in [3.8, 4) is 5.69 Å². The molecule has 1 heterocycles. The van der Waals surface area contributed by atoms with Crippen molar-refractivity contribution < 1.29 is 4.79 Å². The Balaban J connectivity index is 2.30. The predicted octanol–water partition coefficient (Wildman–Crippen LogP) is 2.03. The maximum atomic E-state index is 11.1. The second-order valence-electron chi connectivity index (χ2n) is 3.61. The van der Waals surface area contributed by atoms with E-state index < -0.39 is 0 Å². The maximum Gasteiger partial charge on any atom is 0.159 e. The van der Waals surface area contributed by atoms with Crippen LogP contribution in [-0.2, 0) is 6.42 Å². The molecule has 1 aromatic carbocycles. The number of ketones is 1. The van der Waals surface area contributed by atoms with E-state index in [2.05, 4.69) is 10.3 Å². The van der Waals surface area contributed by atoms with Crippen LogP contribution in [0.2, 0.25) is 0 Å². The summed E-state index contributed by atoms with van der Waals surface area (Å²) in [6.07, 6.45) is 2.76. The smallest absolute Gasteiger partial charge is 0.159 e. The van der Waals surface area contributed by atoms with Crippen molar-refractivity contribution in [3.63, 3.8) is 0 Å². The highest BCUT2D eigenvalue weighted by atomic mass is 16.1. The number of aromatic nitrogens is 3. The molecule has 82 valence electrons. The van der Waals surface area contributed by atoms with Gasteiger partial charge < -0.3 is 0 Å². The van der Waals surface area contributed by atoms with Crippen LogP contribution >= 0.6 is 0 Å². The van der Waals surface area contributed by atoms with Crippen molar-refractivity contribution in [2.75, 3.05) is 0 Å². The number of benzene rings is 1. The average Bonchev–Trinajstić information content (AvgIpc) is 2.77. The van der Waals surface area contributed by atoms with Gasteiger partial charge in [-0.1, -0.05) is 12.1 Å². The van der Waals surface area contributed by atoms with Crippen LogP contribution in [-0.4, -0.2) is 20.8 Å². The first-order chi connectivity index (χ1) is 7.70. The van der Waals surface area contributed by atoms with Gasteiger partial charge in [-0.2, -0.15) is 0 Å². The number of nitrogens with zero attached hydrogens (tertiary/aromatic N) is 3. The van der Waals surface area contributed by atoms with Crippen LogP contribution in [0.1, 0.15) is 29.9 Å². The van der Waals surface area contributed by atoms with Gasteiger partial charge in [-0.25, -0.2) is 4.68 Å². The summed E-state index contributed by atoms with van der Waals surface area (Å²) in [7, 11) is 0. The van der Waals surface area contributed by atoms with Crippen LogP contribution in [0, 0.1) is 0 Å². The number of Topliss-reactive ketones (excluding diaryl/α,β-unsaturated/α-hetero) is 1. The third-order valence-corrected chi connectivity index (χ3v) is 2.44. The number of hydrogen-bond donors (Lipinski definition) is 0. The van der Waals surface area contributed by atoms with Gasteiger partial charge >= 0.3 is 0 Å². The molecule has 0 fully saturated rings. The Kier molecular flexibility index (Phi) is 2.81. The summed E-state index contributed by atoms with van der Waals surface area (Å²) in [5.74, 6) is 0.0689. The van der Waals surface area contributed by atoms with Gasteiger partial charge in [-0.05, 0) is 37.6 Å². The van der Waals surface area contributed by atoms with Crippen LogP contribution in [0.25, 0.3) is 5.69 Å². The Labute approximate surface area is 93.9 Å². The number of carbonyl (C=O) groups is 1. The highest BCUT2D eigenvalue weighted by molar-refractivity contribution is 5.94. The molecule has 0 N–H and O–H groups in total. The van der Waals surface area contributed by atoms with Crippen molar-refractivity contribution in [3.05, 3.63) is 41.7 Å². The first-order valence-electron chi connectivity index (χ1n) is 5.23. The molecule has 0 radical (unpaired) electrons. The topological polar surface area (TPSA) is 47.8 Å². The highest BCUT2D eigenvalue weighted by Gasteiger charge is 2.02. The molecule has 0 unspecified atom stereocenters. The second kappa shape index (κ2) is 4.26. The van der Waals surface area contributed by atoms with Crippen LogP contribution in [0.5, 0.6) is 0 Å². The summed E-state index contributed by atoms with van der Waals surface area (Å²) in [4.78, 5) is 11.1. The molecule has 2 aromatic rings. The van der Waals surface area contributed by atoms with Gasteiger partial charge in [0.05, 0.1) is 17.6 Å². The van der Waals surface area contributed by atoms with E-state index in [1.165, 1.54) is 0 Å². The number of rotatable bonds is 3. The molecule has 0 amide bonds. The molecule has 0 aliphatic rings. The second-order valence-corrected chi connectivity index (χ2v) is 3.61. The van der Waals surface area contributed by atoms with Crippen molar-refractivity contribution in [1.29, 1.82) is 0 Å². The zero-order chi connectivity index (χ0) is 11.5. The van der Waals surface area contributed by atoms with Gasteiger partial charge in [-0.15, -0.1) is 5.10 Å². The molecule has 0 saturated carbocycles. The van der Waals surface area contributed by atoms with Gasteiger partial charge in [-0.3, -0.25) is 4.79 Å². The quantitative estimate of drug-likeness (QED) is 0.736. The molecule has 16 heavy (non-hydrogen) atoms. The Hall–Kier alpha value is -1.97. The minimum Gasteiger partial charge on any atom is -0.295 e. The fourth-order valence-electron chi connectivity index (χ4n) is 1.44. The predicted molar refractivity (Wildman–Crippen MR) is 60.7 cm³/mol. The SMILES string of the molecule is CCc1cn(-c2ccc(C(C)=O)cc2)nn1. The van der Waals surface area contributed by atoms with Gasteiger partial charge in [0.2, 0.25) is 0 Å². The molecule has 4 nitrogen and oxygen atoms in total. The van der Waals surface area contributed by atoms with Gasteiger partial charge in [0, 0.05) is 5.56 Å². The molecule has 2 rings (SSSR count). The Morgan fingerprint density at radius 1 is 1.31 bits per heavy atom. The van der Waals surface area contributed by atoms with E-state index in [-0.39, 0.29) is 5.78 Å². The highest BCUT2D eigenvalue weighted by Crippen LogP contribution is 2.09. The minimum absolute atomic E-state index is 0.0689. The van der Waals surface area contributed by atoms with Crippen molar-refractivity contribution in [2.24, 2.45) is 0 Å². The molecular formula is C12H13N3O. The first kappa shape index (κ1) is 10.5. The fourth-order valence-corrected chi connectivity index (χ4v) is 1.44. The summed E-state index contributed by atoms with van der Waals surface area (Å²) in [6.45, 7) is 3.59. The molecular weight excluding hydrogens is 202 g/mol. The Morgan fingerprint density at radius 3 is 2.50 bits per heavy atom. The van der Waals surface area contributed by atoms with E-state index in [0.717, 1.165) is 17.8 Å². The standard InChI is InChI=1S/C12H13N3O/c1-3-11-8-15(14-13-11)12-6-4-10(5-7-12)9(2)16/h4-8H,3H2,1-2H3. The average molecular weight is 215 g/mol. The Morgan fingerprint density at radius 2 is 2.00 bits per heavy atom. The monoisotopic (exact) mass is 215 g/mol. The normalized spacial score (nSPS) is 10.4. The third-order valence-electron chi connectivity index (χ3n) is 2.44. The first-order valence-corrected chi connectivity index (χ1v) is 5.23. The minimum atomic E-state index is 0.0689. The number of aryl methyl sites for hydroxylation is 1. The van der Waals surface area contributed by atoms with Crippen molar-refractivity contribution in [1.82, 2.24) is 15.0 Å². The molecule has 0 aliphatic carbocycles. The van der Waals surface area contributed by atoms with E-state index in [1.54, 1.807) is 23.7 Å². The largest absolute Gasteiger partial charge is 0.295 e. The van der Waals surface area contributed by atoms with Gasteiger partial charge in [0.15, 0.2) is 5.78 Å². The number of hydrogen-bond acceptors (Lipinski definition) is 3. The summed E-state index contributed by atoms with van der Waals surface area (Å²) in [5, 5.41) is 8.03. The van der Waals surface area contributed by atoms with Crippen LogP contribution in [0.3, 0.4) is 0 Å². The molecule has 0 bridgehead atoms. The van der Waals surface area contributed by atoms with Gasteiger partial charge in [0.25, 0.3) is 0 Å². The van der Waals surface area contributed by atoms with Crippen LogP contribution in [0.4, 0.5) is 0 Å². The van der Waals surface area contributed by atoms with E-state index in [4.69, 9.17) is 0 Å². The summed E-state index contributed by atoms with van der Waals surface area (Å²) >= 11 is 0. The van der Waals surface area contributed by atoms with E-state index in [9.17, 15) is 4.79 Å². The van der Waals surface area contributed by atoms with E-state index >= 15 is 0 Å². The van der Waals surface area contributed by atoms with E-state index in [0.29, 0.717) is 5.56 Å². The van der Waals surface area contributed by atoms with Crippen molar-refractivity contribution in [2.45, 2.75) is 20.3 Å². The molecule has 0 saturated heterocycles. The molecule has 0 atom stereocenters. The molecule has 0 spiro atoms. The fraction of sp³-hybridized carbons (Fsp3) is 0.250.